The second kappa shape index (κ2) is 7.18. The third-order valence-corrected chi connectivity index (χ3v) is 3.70. The molecule has 1 aliphatic rings. The summed E-state index contributed by atoms with van der Waals surface area (Å²) >= 11 is 3.36. The Balaban J connectivity index is 1.55. The number of carbonyl (C=O) groups excluding carboxylic acids is 2. The number of hydrogen-bond donors (Lipinski definition) is 2. The van der Waals surface area contributed by atoms with Crippen molar-refractivity contribution in [2.45, 2.75) is 0 Å². The van der Waals surface area contributed by atoms with Crippen LogP contribution < -0.4 is 20.3 Å². The number of hydrazine groups is 1. The van der Waals surface area contributed by atoms with E-state index in [-0.39, 0.29) is 6.79 Å². The second-order valence-corrected chi connectivity index (χ2v) is 5.82. The van der Waals surface area contributed by atoms with Crippen molar-refractivity contribution < 1.29 is 19.1 Å². The molecule has 0 bridgehead atoms. The van der Waals surface area contributed by atoms with Crippen LogP contribution in [0.4, 0.5) is 0 Å². The topological polar surface area (TPSA) is 76.7 Å². The first-order valence-corrected chi connectivity index (χ1v) is 7.85. The molecule has 1 heterocycles. The molecular weight excluding hydrogens is 376 g/mol. The van der Waals surface area contributed by atoms with Gasteiger partial charge in [0.15, 0.2) is 11.5 Å². The lowest BCUT2D eigenvalue weighted by molar-refractivity contribution is -0.117. The second-order valence-electron chi connectivity index (χ2n) is 4.90. The van der Waals surface area contributed by atoms with Crippen molar-refractivity contribution in [1.82, 2.24) is 10.9 Å². The van der Waals surface area contributed by atoms with E-state index < -0.39 is 11.8 Å². The van der Waals surface area contributed by atoms with Crippen LogP contribution in [0.2, 0.25) is 0 Å². The molecule has 0 saturated heterocycles. The van der Waals surface area contributed by atoms with Crippen LogP contribution in [0.3, 0.4) is 0 Å². The van der Waals surface area contributed by atoms with E-state index in [0.29, 0.717) is 17.1 Å². The normalized spacial score (nSPS) is 12.2. The lowest BCUT2D eigenvalue weighted by Crippen LogP contribution is -2.40. The van der Waals surface area contributed by atoms with Gasteiger partial charge in [-0.2, -0.15) is 0 Å². The van der Waals surface area contributed by atoms with Gasteiger partial charge in [-0.15, -0.1) is 0 Å². The van der Waals surface area contributed by atoms with Crippen LogP contribution in [0, 0.1) is 0 Å². The van der Waals surface area contributed by atoms with E-state index in [9.17, 15) is 9.59 Å². The lowest BCUT2D eigenvalue weighted by Gasteiger charge is -2.06. The Bertz CT molecular complexity index is 820. The molecule has 0 saturated carbocycles. The van der Waals surface area contributed by atoms with Gasteiger partial charge >= 0.3 is 0 Å². The Morgan fingerprint density at radius 3 is 2.71 bits per heavy atom. The summed E-state index contributed by atoms with van der Waals surface area (Å²) in [6, 6.07) is 12.3. The molecule has 0 aromatic heterocycles. The molecule has 3 rings (SSSR count). The zero-order valence-corrected chi connectivity index (χ0v) is 14.0. The van der Waals surface area contributed by atoms with Crippen LogP contribution in [0.5, 0.6) is 11.5 Å². The number of fused-ring (bicyclic) bond motifs is 1. The monoisotopic (exact) mass is 388 g/mol. The van der Waals surface area contributed by atoms with E-state index in [1.807, 2.05) is 24.3 Å². The van der Waals surface area contributed by atoms with E-state index in [1.165, 1.54) is 6.08 Å². The van der Waals surface area contributed by atoms with Crippen LogP contribution in [0.15, 0.2) is 53.0 Å². The zero-order valence-electron chi connectivity index (χ0n) is 12.4. The predicted octanol–water partition coefficient (Wildman–Crippen LogP) is 2.65. The summed E-state index contributed by atoms with van der Waals surface area (Å²) in [7, 11) is 0. The minimum absolute atomic E-state index is 0.136. The van der Waals surface area contributed by atoms with Crippen molar-refractivity contribution >= 4 is 33.8 Å². The minimum atomic E-state index is -0.447. The van der Waals surface area contributed by atoms with Crippen molar-refractivity contribution in [3.8, 4) is 11.5 Å². The number of rotatable bonds is 3. The van der Waals surface area contributed by atoms with Crippen LogP contribution >= 0.6 is 15.9 Å². The number of carbonyl (C=O) groups is 2. The molecular formula is C17H13BrN2O4. The summed E-state index contributed by atoms with van der Waals surface area (Å²) < 4.78 is 11.3. The van der Waals surface area contributed by atoms with Crippen LogP contribution in [0.1, 0.15) is 15.9 Å². The van der Waals surface area contributed by atoms with Gasteiger partial charge in [-0.3, -0.25) is 20.4 Å². The average Bonchev–Trinajstić information content (AvgIpc) is 3.05. The van der Waals surface area contributed by atoms with Gasteiger partial charge in [0, 0.05) is 16.1 Å². The van der Waals surface area contributed by atoms with Crippen molar-refractivity contribution in [3.05, 3.63) is 64.1 Å². The van der Waals surface area contributed by atoms with Crippen molar-refractivity contribution in [2.75, 3.05) is 6.79 Å². The molecule has 0 unspecified atom stereocenters. The largest absolute Gasteiger partial charge is 0.454 e. The summed E-state index contributed by atoms with van der Waals surface area (Å²) in [4.78, 5) is 23.8. The van der Waals surface area contributed by atoms with Crippen molar-refractivity contribution in [3.63, 3.8) is 0 Å². The van der Waals surface area contributed by atoms with Gasteiger partial charge in [0.1, 0.15) is 0 Å². The van der Waals surface area contributed by atoms with Crippen molar-refractivity contribution in [1.29, 1.82) is 0 Å². The smallest absolute Gasteiger partial charge is 0.269 e. The third kappa shape index (κ3) is 3.94. The first-order chi connectivity index (χ1) is 11.6. The van der Waals surface area contributed by atoms with Gasteiger partial charge in [-0.05, 0) is 42.0 Å². The number of ether oxygens (including phenoxy) is 2. The standard InChI is InChI=1S/C17H13BrN2O4/c18-13-3-1-2-11(8-13)4-7-16(21)19-20-17(22)12-5-6-14-15(9-12)24-10-23-14/h1-9H,10H2,(H,19,21)(H,20,22)/b7-4+. The molecule has 24 heavy (non-hydrogen) atoms. The average molecular weight is 389 g/mol. The van der Waals surface area contributed by atoms with Crippen LogP contribution in [-0.2, 0) is 4.79 Å². The molecule has 2 aromatic rings. The fourth-order valence-electron chi connectivity index (χ4n) is 2.05. The number of benzene rings is 2. The van der Waals surface area contributed by atoms with Gasteiger partial charge in [-0.25, -0.2) is 0 Å². The maximum absolute atomic E-state index is 12.0. The van der Waals surface area contributed by atoms with Gasteiger partial charge in [-0.1, -0.05) is 28.1 Å². The van der Waals surface area contributed by atoms with Gasteiger partial charge in [0.2, 0.25) is 6.79 Å². The van der Waals surface area contributed by atoms with Crippen LogP contribution in [0.25, 0.3) is 6.08 Å². The number of hydrogen-bond acceptors (Lipinski definition) is 4. The SMILES string of the molecule is O=C(/C=C/c1cccc(Br)c1)NNC(=O)c1ccc2c(c1)OCO2. The number of nitrogens with one attached hydrogen (secondary N) is 2. The summed E-state index contributed by atoms with van der Waals surface area (Å²) in [5.41, 5.74) is 5.89. The lowest BCUT2D eigenvalue weighted by atomic mass is 10.2. The molecule has 0 radical (unpaired) electrons. The molecule has 122 valence electrons. The molecule has 0 spiro atoms. The van der Waals surface area contributed by atoms with E-state index >= 15 is 0 Å². The van der Waals surface area contributed by atoms with Gasteiger partial charge < -0.3 is 9.47 Å². The molecule has 2 amide bonds. The first-order valence-electron chi connectivity index (χ1n) is 7.05. The van der Waals surface area contributed by atoms with Gasteiger partial charge in [0.05, 0.1) is 0 Å². The molecule has 0 atom stereocenters. The quantitative estimate of drug-likeness (QED) is 0.625. The minimum Gasteiger partial charge on any atom is -0.454 e. The Labute approximate surface area is 146 Å². The Morgan fingerprint density at radius 1 is 1.04 bits per heavy atom. The molecule has 1 aliphatic heterocycles. The first kappa shape index (κ1) is 16.1. The summed E-state index contributed by atoms with van der Waals surface area (Å²) in [6.07, 6.45) is 2.98. The molecule has 6 nitrogen and oxygen atoms in total. The fraction of sp³-hybridized carbons (Fsp3) is 0.0588. The highest BCUT2D eigenvalue weighted by atomic mass is 79.9. The van der Waals surface area contributed by atoms with E-state index in [2.05, 4.69) is 26.8 Å². The summed E-state index contributed by atoms with van der Waals surface area (Å²) in [5.74, 6) is 0.206. The Kier molecular flexibility index (Phi) is 4.81. The maximum atomic E-state index is 12.0. The highest BCUT2D eigenvalue weighted by Gasteiger charge is 2.16. The Morgan fingerprint density at radius 2 is 1.88 bits per heavy atom. The Hall–Kier alpha value is -2.80. The van der Waals surface area contributed by atoms with Crippen molar-refractivity contribution in [2.24, 2.45) is 0 Å². The number of halogens is 1. The zero-order chi connectivity index (χ0) is 16.9. The van der Waals surface area contributed by atoms with Gasteiger partial charge in [0.25, 0.3) is 11.8 Å². The molecule has 0 fully saturated rings. The predicted molar refractivity (Wildman–Crippen MR) is 91.3 cm³/mol. The van der Waals surface area contributed by atoms with E-state index in [1.54, 1.807) is 24.3 Å². The maximum Gasteiger partial charge on any atom is 0.269 e. The highest BCUT2D eigenvalue weighted by molar-refractivity contribution is 9.10. The van der Waals surface area contributed by atoms with E-state index in [0.717, 1.165) is 10.0 Å². The third-order valence-electron chi connectivity index (χ3n) is 3.21. The molecule has 0 aliphatic carbocycles. The molecule has 2 aromatic carbocycles. The fourth-order valence-corrected chi connectivity index (χ4v) is 2.47. The molecule has 2 N–H and O–H groups in total. The molecule has 7 heteroatoms. The highest BCUT2D eigenvalue weighted by Crippen LogP contribution is 2.32. The number of amides is 2. The van der Waals surface area contributed by atoms with E-state index in [4.69, 9.17) is 9.47 Å². The summed E-state index contributed by atoms with van der Waals surface area (Å²) in [6.45, 7) is 0.136. The van der Waals surface area contributed by atoms with Crippen LogP contribution in [-0.4, -0.2) is 18.6 Å². The summed E-state index contributed by atoms with van der Waals surface area (Å²) in [5, 5.41) is 0.